The largest absolute Gasteiger partial charge is 0.354 e. The van der Waals surface area contributed by atoms with E-state index in [1.165, 1.54) is 12.1 Å². The summed E-state index contributed by atoms with van der Waals surface area (Å²) in [5.74, 6) is 0.101. The van der Waals surface area contributed by atoms with Gasteiger partial charge in [-0.1, -0.05) is 0 Å². The number of imidazole rings is 1. The van der Waals surface area contributed by atoms with Crippen LogP contribution in [-0.2, 0) is 17.8 Å². The van der Waals surface area contributed by atoms with Crippen LogP contribution in [0, 0.1) is 5.82 Å². The average molecular weight is 441 g/mol. The summed E-state index contributed by atoms with van der Waals surface area (Å²) in [7, 11) is 0. The Morgan fingerprint density at radius 3 is 2.91 bits per heavy atom. The van der Waals surface area contributed by atoms with E-state index in [1.54, 1.807) is 27.9 Å². The lowest BCUT2D eigenvalue weighted by atomic mass is 9.87. The monoisotopic (exact) mass is 440 g/mol. The van der Waals surface area contributed by atoms with Crippen molar-refractivity contribution < 1.29 is 14.0 Å². The summed E-state index contributed by atoms with van der Waals surface area (Å²) in [5, 5.41) is 7.32. The molecule has 0 radical (unpaired) electrons. The van der Waals surface area contributed by atoms with E-state index in [1.807, 2.05) is 13.8 Å². The van der Waals surface area contributed by atoms with E-state index < -0.39 is 5.54 Å². The van der Waals surface area contributed by atoms with Gasteiger partial charge in [-0.3, -0.25) is 14.3 Å². The van der Waals surface area contributed by atoms with Crippen LogP contribution in [0.2, 0.25) is 0 Å². The topological polar surface area (TPSA) is 95.9 Å². The zero-order valence-corrected chi connectivity index (χ0v) is 18.5. The Balaban J connectivity index is 1.36. The van der Waals surface area contributed by atoms with Crippen LogP contribution in [0.25, 0.3) is 11.0 Å². The van der Waals surface area contributed by atoms with Crippen LogP contribution >= 0.6 is 0 Å². The molecule has 9 heteroatoms. The van der Waals surface area contributed by atoms with Crippen molar-refractivity contribution in [1.29, 1.82) is 0 Å². The molecule has 3 aromatic rings. The maximum absolute atomic E-state index is 13.3. The fourth-order valence-electron chi connectivity index (χ4n) is 4.27. The molecule has 2 aromatic heterocycles. The Labute approximate surface area is 186 Å². The van der Waals surface area contributed by atoms with E-state index in [4.69, 9.17) is 0 Å². The summed E-state index contributed by atoms with van der Waals surface area (Å²) in [6, 6.07) is 6.16. The minimum Gasteiger partial charge on any atom is -0.354 e. The van der Waals surface area contributed by atoms with Gasteiger partial charge >= 0.3 is 0 Å². The lowest BCUT2D eigenvalue weighted by Gasteiger charge is -2.43. The van der Waals surface area contributed by atoms with E-state index in [9.17, 15) is 14.0 Å². The molecule has 0 saturated carbocycles. The molecule has 2 N–H and O–H groups in total. The number of H-pyrrole nitrogens is 1. The predicted octanol–water partition coefficient (Wildman–Crippen LogP) is 3.05. The number of nitrogens with one attached hydrogen (secondary N) is 2. The number of rotatable bonds is 7. The molecule has 1 saturated heterocycles. The van der Waals surface area contributed by atoms with Crippen molar-refractivity contribution in [3.05, 3.63) is 47.8 Å². The number of likely N-dealkylation sites (tertiary alicyclic amines) is 1. The highest BCUT2D eigenvalue weighted by atomic mass is 19.1. The number of aromatic nitrogens is 4. The first kappa shape index (κ1) is 22.0. The third kappa shape index (κ3) is 4.37. The lowest BCUT2D eigenvalue weighted by Crippen LogP contribution is -2.61. The number of nitrogens with zero attached hydrogens (tertiary/aromatic N) is 4. The van der Waals surface area contributed by atoms with Crippen molar-refractivity contribution in [1.82, 2.24) is 30.0 Å². The summed E-state index contributed by atoms with van der Waals surface area (Å²) in [6.45, 7) is 5.49. The number of aryl methyl sites for hydroxylation is 2. The Hall–Kier alpha value is -3.23. The molecule has 1 fully saturated rings. The molecule has 1 atom stereocenters. The molecule has 1 aliphatic heterocycles. The molecule has 170 valence electrons. The SMILES string of the molecule is CCn1ccc(C(=O)N2CCCCC2(C)C(=O)NCCCc2nc3ccc(F)cc3[nH]2)n1. The van der Waals surface area contributed by atoms with Crippen LogP contribution in [0.15, 0.2) is 30.5 Å². The number of hydrogen-bond donors (Lipinski definition) is 2. The molecule has 1 aliphatic rings. The zero-order chi connectivity index (χ0) is 22.7. The first-order chi connectivity index (χ1) is 15.4. The average Bonchev–Trinajstić information content (AvgIpc) is 3.42. The Bertz CT molecular complexity index is 1120. The second-order valence-corrected chi connectivity index (χ2v) is 8.45. The van der Waals surface area contributed by atoms with Gasteiger partial charge in [0.2, 0.25) is 5.91 Å². The molecule has 0 aliphatic carbocycles. The number of carbonyl (C=O) groups is 2. The highest BCUT2D eigenvalue weighted by Crippen LogP contribution is 2.29. The molecule has 8 nitrogen and oxygen atoms in total. The van der Waals surface area contributed by atoms with Gasteiger partial charge < -0.3 is 15.2 Å². The van der Waals surface area contributed by atoms with Crippen LogP contribution < -0.4 is 5.32 Å². The second-order valence-electron chi connectivity index (χ2n) is 8.45. The summed E-state index contributed by atoms with van der Waals surface area (Å²) in [5.41, 5.74) is 0.856. The van der Waals surface area contributed by atoms with Gasteiger partial charge in [0.25, 0.3) is 5.91 Å². The molecule has 0 bridgehead atoms. The lowest BCUT2D eigenvalue weighted by molar-refractivity contribution is -0.133. The van der Waals surface area contributed by atoms with Crippen molar-refractivity contribution >= 4 is 22.8 Å². The van der Waals surface area contributed by atoms with Crippen molar-refractivity contribution in [3.8, 4) is 0 Å². The summed E-state index contributed by atoms with van der Waals surface area (Å²) < 4.78 is 15.1. The minimum atomic E-state index is -0.901. The highest BCUT2D eigenvalue weighted by Gasteiger charge is 2.44. The number of aromatic amines is 1. The molecular formula is C23H29FN6O2. The second kappa shape index (κ2) is 9.10. The summed E-state index contributed by atoms with van der Waals surface area (Å²) in [6.07, 6.45) is 5.47. The van der Waals surface area contributed by atoms with Crippen LogP contribution in [0.1, 0.15) is 55.8 Å². The Kier molecular flexibility index (Phi) is 6.25. The fraction of sp³-hybridized carbons (Fsp3) is 0.478. The Morgan fingerprint density at radius 1 is 1.28 bits per heavy atom. The number of benzene rings is 1. The van der Waals surface area contributed by atoms with Gasteiger partial charge in [-0.25, -0.2) is 9.37 Å². The molecule has 32 heavy (non-hydrogen) atoms. The molecule has 0 spiro atoms. The molecule has 1 aromatic carbocycles. The number of carbonyl (C=O) groups excluding carboxylic acids is 2. The van der Waals surface area contributed by atoms with Gasteiger partial charge in [0.1, 0.15) is 22.9 Å². The zero-order valence-electron chi connectivity index (χ0n) is 18.5. The summed E-state index contributed by atoms with van der Waals surface area (Å²) >= 11 is 0. The van der Waals surface area contributed by atoms with Crippen molar-refractivity contribution in [2.45, 2.75) is 58.0 Å². The number of amides is 2. The van der Waals surface area contributed by atoms with Crippen LogP contribution in [0.4, 0.5) is 4.39 Å². The van der Waals surface area contributed by atoms with E-state index in [0.29, 0.717) is 50.1 Å². The van der Waals surface area contributed by atoms with E-state index in [-0.39, 0.29) is 17.6 Å². The van der Waals surface area contributed by atoms with E-state index in [2.05, 4.69) is 20.4 Å². The highest BCUT2D eigenvalue weighted by molar-refractivity contribution is 5.98. The smallest absolute Gasteiger partial charge is 0.275 e. The van der Waals surface area contributed by atoms with Crippen LogP contribution in [0.5, 0.6) is 0 Å². The predicted molar refractivity (Wildman–Crippen MR) is 119 cm³/mol. The van der Waals surface area contributed by atoms with E-state index >= 15 is 0 Å². The Morgan fingerprint density at radius 2 is 2.12 bits per heavy atom. The standard InChI is InChI=1S/C23H29FN6O2/c1-3-29-14-10-18(28-29)21(31)30-13-5-4-11-23(30,2)22(32)25-12-6-7-20-26-17-9-8-16(24)15-19(17)27-20/h8-10,14-15H,3-7,11-13H2,1-2H3,(H,25,32)(H,26,27). The summed E-state index contributed by atoms with van der Waals surface area (Å²) in [4.78, 5) is 35.5. The third-order valence-electron chi connectivity index (χ3n) is 6.18. The van der Waals surface area contributed by atoms with Crippen molar-refractivity contribution in [3.63, 3.8) is 0 Å². The number of fused-ring (bicyclic) bond motifs is 1. The number of halogens is 1. The van der Waals surface area contributed by atoms with Gasteiger partial charge in [0, 0.05) is 32.3 Å². The third-order valence-corrected chi connectivity index (χ3v) is 6.18. The molecule has 4 rings (SSSR count). The van der Waals surface area contributed by atoms with Gasteiger partial charge in [-0.05, 0) is 63.8 Å². The first-order valence-electron chi connectivity index (χ1n) is 11.2. The maximum Gasteiger partial charge on any atom is 0.275 e. The van der Waals surface area contributed by atoms with Gasteiger partial charge in [0.15, 0.2) is 0 Å². The quantitative estimate of drug-likeness (QED) is 0.552. The van der Waals surface area contributed by atoms with Crippen LogP contribution in [0.3, 0.4) is 0 Å². The molecule has 3 heterocycles. The van der Waals surface area contributed by atoms with Crippen LogP contribution in [-0.4, -0.2) is 55.1 Å². The normalized spacial score (nSPS) is 18.8. The molecule has 1 unspecified atom stereocenters. The van der Waals surface area contributed by atoms with Gasteiger partial charge in [-0.2, -0.15) is 5.10 Å². The fourth-order valence-corrected chi connectivity index (χ4v) is 4.27. The van der Waals surface area contributed by atoms with E-state index in [0.717, 1.165) is 24.2 Å². The maximum atomic E-state index is 13.3. The number of piperidine rings is 1. The first-order valence-corrected chi connectivity index (χ1v) is 11.2. The molecule has 2 amide bonds. The number of hydrogen-bond acceptors (Lipinski definition) is 4. The molecular weight excluding hydrogens is 411 g/mol. The van der Waals surface area contributed by atoms with Gasteiger partial charge in [0.05, 0.1) is 11.0 Å². The van der Waals surface area contributed by atoms with Gasteiger partial charge in [-0.15, -0.1) is 0 Å². The minimum absolute atomic E-state index is 0.146. The van der Waals surface area contributed by atoms with Crippen molar-refractivity contribution in [2.75, 3.05) is 13.1 Å². The van der Waals surface area contributed by atoms with Crippen molar-refractivity contribution in [2.24, 2.45) is 0 Å².